The summed E-state index contributed by atoms with van der Waals surface area (Å²) in [6.45, 7) is 0. The smallest absolute Gasteiger partial charge is 0.161 e. The molecule has 0 aliphatic carbocycles. The third kappa shape index (κ3) is 2.48. The van der Waals surface area contributed by atoms with Crippen LogP contribution < -0.4 is 9.47 Å². The predicted molar refractivity (Wildman–Crippen MR) is 115 cm³/mol. The van der Waals surface area contributed by atoms with Gasteiger partial charge in [0.05, 0.1) is 25.4 Å². The molecule has 0 N–H and O–H groups in total. The van der Waals surface area contributed by atoms with Crippen molar-refractivity contribution in [3.8, 4) is 22.8 Å². The second kappa shape index (κ2) is 6.54. The molecule has 28 heavy (non-hydrogen) atoms. The van der Waals surface area contributed by atoms with Crippen LogP contribution in [-0.2, 0) is 0 Å². The Hall–Kier alpha value is -3.59. The van der Waals surface area contributed by atoms with E-state index in [-0.39, 0.29) is 0 Å². The lowest BCUT2D eigenvalue weighted by Gasteiger charge is -2.15. The number of benzene rings is 4. The molecule has 3 heteroatoms. The van der Waals surface area contributed by atoms with Crippen LogP contribution >= 0.6 is 0 Å². The van der Waals surface area contributed by atoms with Gasteiger partial charge in [-0.05, 0) is 34.4 Å². The second-order valence-electron chi connectivity index (χ2n) is 6.76. The summed E-state index contributed by atoms with van der Waals surface area (Å²) in [4.78, 5) is 5.05. The van der Waals surface area contributed by atoms with Crippen molar-refractivity contribution in [2.45, 2.75) is 0 Å². The molecule has 136 valence electrons. The van der Waals surface area contributed by atoms with Crippen molar-refractivity contribution in [3.05, 3.63) is 78.9 Å². The number of hydrogen-bond donors (Lipinski definition) is 0. The number of aromatic nitrogens is 1. The first kappa shape index (κ1) is 16.6. The Kier molecular flexibility index (Phi) is 3.87. The minimum Gasteiger partial charge on any atom is -0.493 e. The Morgan fingerprint density at radius 3 is 2.14 bits per heavy atom. The minimum absolute atomic E-state index is 0.717. The molecule has 0 bridgehead atoms. The molecule has 0 radical (unpaired) electrons. The van der Waals surface area contributed by atoms with E-state index in [0.717, 1.165) is 49.8 Å². The number of rotatable bonds is 3. The highest BCUT2D eigenvalue weighted by atomic mass is 16.5. The van der Waals surface area contributed by atoms with Crippen molar-refractivity contribution in [3.63, 3.8) is 0 Å². The number of ether oxygens (including phenoxy) is 2. The van der Waals surface area contributed by atoms with Gasteiger partial charge in [0.2, 0.25) is 0 Å². The molecule has 0 fully saturated rings. The first-order valence-corrected chi connectivity index (χ1v) is 9.23. The summed E-state index contributed by atoms with van der Waals surface area (Å²) in [6.07, 6.45) is 0. The molecule has 5 rings (SSSR count). The highest BCUT2D eigenvalue weighted by molar-refractivity contribution is 6.21. The highest BCUT2D eigenvalue weighted by Gasteiger charge is 2.15. The van der Waals surface area contributed by atoms with Gasteiger partial charge in [-0.25, -0.2) is 4.98 Å². The molecule has 0 aliphatic heterocycles. The molecule has 0 atom stereocenters. The van der Waals surface area contributed by atoms with Crippen LogP contribution in [0.25, 0.3) is 43.7 Å². The maximum atomic E-state index is 5.58. The van der Waals surface area contributed by atoms with Crippen LogP contribution in [0.3, 0.4) is 0 Å². The third-order valence-corrected chi connectivity index (χ3v) is 5.23. The predicted octanol–water partition coefficient (Wildman–Crippen LogP) is 6.23. The van der Waals surface area contributed by atoms with Gasteiger partial charge in [0.1, 0.15) is 0 Å². The number of para-hydroxylation sites is 1. The Morgan fingerprint density at radius 2 is 1.36 bits per heavy atom. The fraction of sp³-hybridized carbons (Fsp3) is 0.0800. The SMILES string of the molecule is COc1cc2ccc3c4ccccc4nc(-c4ccccc4)c3c2cc1OC. The Morgan fingerprint density at radius 1 is 0.643 bits per heavy atom. The van der Waals surface area contributed by atoms with Crippen molar-refractivity contribution >= 4 is 32.4 Å². The number of methoxy groups -OCH3 is 2. The lowest BCUT2D eigenvalue weighted by atomic mass is 9.95. The van der Waals surface area contributed by atoms with Gasteiger partial charge in [0.15, 0.2) is 11.5 Å². The second-order valence-corrected chi connectivity index (χ2v) is 6.76. The van der Waals surface area contributed by atoms with Crippen LogP contribution in [-0.4, -0.2) is 19.2 Å². The van der Waals surface area contributed by atoms with Crippen LogP contribution in [0.5, 0.6) is 11.5 Å². The van der Waals surface area contributed by atoms with E-state index in [2.05, 4.69) is 48.5 Å². The molecule has 1 heterocycles. The van der Waals surface area contributed by atoms with E-state index in [1.807, 2.05) is 30.3 Å². The normalized spacial score (nSPS) is 11.2. The summed E-state index contributed by atoms with van der Waals surface area (Å²) in [6, 6.07) is 27.0. The van der Waals surface area contributed by atoms with Crippen molar-refractivity contribution < 1.29 is 9.47 Å². The summed E-state index contributed by atoms with van der Waals surface area (Å²) in [7, 11) is 3.33. The van der Waals surface area contributed by atoms with Gasteiger partial charge in [-0.1, -0.05) is 60.7 Å². The van der Waals surface area contributed by atoms with E-state index in [1.165, 1.54) is 5.39 Å². The van der Waals surface area contributed by atoms with Crippen molar-refractivity contribution in [1.82, 2.24) is 4.98 Å². The Balaban J connectivity index is 2.01. The largest absolute Gasteiger partial charge is 0.493 e. The average Bonchev–Trinajstić information content (AvgIpc) is 2.77. The van der Waals surface area contributed by atoms with E-state index < -0.39 is 0 Å². The van der Waals surface area contributed by atoms with E-state index in [0.29, 0.717) is 0 Å². The van der Waals surface area contributed by atoms with E-state index >= 15 is 0 Å². The molecule has 5 aromatic rings. The molecule has 1 aromatic heterocycles. The number of fused-ring (bicyclic) bond motifs is 5. The van der Waals surface area contributed by atoms with Crippen LogP contribution in [0.15, 0.2) is 78.9 Å². The van der Waals surface area contributed by atoms with Crippen molar-refractivity contribution in [1.29, 1.82) is 0 Å². The molecule has 0 unspecified atom stereocenters. The highest BCUT2D eigenvalue weighted by Crippen LogP contribution is 2.40. The standard InChI is InChI=1S/C25H19NO2/c1-27-22-14-17-12-13-19-18-10-6-7-11-21(18)26-25(16-8-4-3-5-9-16)24(19)20(17)15-23(22)28-2/h3-15H,1-2H3. The van der Waals surface area contributed by atoms with Gasteiger partial charge in [-0.2, -0.15) is 0 Å². The van der Waals surface area contributed by atoms with Crippen LogP contribution in [0.2, 0.25) is 0 Å². The molecular formula is C25H19NO2. The zero-order chi connectivity index (χ0) is 19.1. The van der Waals surface area contributed by atoms with E-state index in [4.69, 9.17) is 14.5 Å². The number of pyridine rings is 1. The topological polar surface area (TPSA) is 31.4 Å². The van der Waals surface area contributed by atoms with Gasteiger partial charge < -0.3 is 9.47 Å². The first-order valence-electron chi connectivity index (χ1n) is 9.23. The van der Waals surface area contributed by atoms with Gasteiger partial charge in [0.25, 0.3) is 0 Å². The zero-order valence-electron chi connectivity index (χ0n) is 15.8. The third-order valence-electron chi connectivity index (χ3n) is 5.23. The fourth-order valence-electron chi connectivity index (χ4n) is 3.91. The summed E-state index contributed by atoms with van der Waals surface area (Å²) in [5, 5.41) is 5.66. The quantitative estimate of drug-likeness (QED) is 0.355. The average molecular weight is 365 g/mol. The maximum Gasteiger partial charge on any atom is 0.161 e. The zero-order valence-corrected chi connectivity index (χ0v) is 15.8. The van der Waals surface area contributed by atoms with E-state index in [9.17, 15) is 0 Å². The lowest BCUT2D eigenvalue weighted by Crippen LogP contribution is -1.93. The summed E-state index contributed by atoms with van der Waals surface area (Å²) < 4.78 is 11.1. The molecule has 0 saturated carbocycles. The van der Waals surface area contributed by atoms with Gasteiger partial charge >= 0.3 is 0 Å². The van der Waals surface area contributed by atoms with Crippen molar-refractivity contribution in [2.24, 2.45) is 0 Å². The van der Waals surface area contributed by atoms with Crippen LogP contribution in [0.4, 0.5) is 0 Å². The van der Waals surface area contributed by atoms with Crippen LogP contribution in [0.1, 0.15) is 0 Å². The first-order chi connectivity index (χ1) is 13.8. The monoisotopic (exact) mass is 365 g/mol. The molecular weight excluding hydrogens is 346 g/mol. The molecule has 0 aliphatic rings. The molecule has 0 spiro atoms. The van der Waals surface area contributed by atoms with E-state index in [1.54, 1.807) is 14.2 Å². The molecule has 3 nitrogen and oxygen atoms in total. The van der Waals surface area contributed by atoms with Crippen LogP contribution in [0, 0.1) is 0 Å². The molecule has 4 aromatic carbocycles. The number of hydrogen-bond acceptors (Lipinski definition) is 3. The lowest BCUT2D eigenvalue weighted by molar-refractivity contribution is 0.356. The Labute approximate surface area is 163 Å². The minimum atomic E-state index is 0.717. The van der Waals surface area contributed by atoms with Crippen molar-refractivity contribution in [2.75, 3.05) is 14.2 Å². The molecule has 0 amide bonds. The number of nitrogens with zero attached hydrogens (tertiary/aromatic N) is 1. The Bertz CT molecular complexity index is 1330. The molecule has 0 saturated heterocycles. The van der Waals surface area contributed by atoms with Gasteiger partial charge in [0, 0.05) is 16.3 Å². The summed E-state index contributed by atoms with van der Waals surface area (Å²) in [5.74, 6) is 1.44. The maximum absolute atomic E-state index is 5.58. The fourth-order valence-corrected chi connectivity index (χ4v) is 3.91. The summed E-state index contributed by atoms with van der Waals surface area (Å²) in [5.41, 5.74) is 3.07. The summed E-state index contributed by atoms with van der Waals surface area (Å²) >= 11 is 0. The van der Waals surface area contributed by atoms with Gasteiger partial charge in [-0.3, -0.25) is 0 Å². The van der Waals surface area contributed by atoms with Gasteiger partial charge in [-0.15, -0.1) is 0 Å².